The number of nitrogens with one attached hydrogen (secondary N) is 1. The van der Waals surface area contributed by atoms with Crippen molar-refractivity contribution in [2.24, 2.45) is 11.8 Å². The topological polar surface area (TPSA) is 58.3 Å². The number of rotatable bonds is 4. The van der Waals surface area contributed by atoms with Gasteiger partial charge in [0.1, 0.15) is 0 Å². The van der Waals surface area contributed by atoms with Gasteiger partial charge in [0.2, 0.25) is 0 Å². The van der Waals surface area contributed by atoms with Gasteiger partial charge in [0.05, 0.1) is 0 Å². The van der Waals surface area contributed by atoms with Gasteiger partial charge in [0.15, 0.2) is 0 Å². The second kappa shape index (κ2) is 11.6. The fourth-order valence-corrected chi connectivity index (χ4v) is 0.595. The van der Waals surface area contributed by atoms with Crippen LogP contribution in [0.2, 0.25) is 0 Å². The van der Waals surface area contributed by atoms with E-state index in [0.717, 1.165) is 12.5 Å². The minimum atomic E-state index is 0.891. The zero-order valence-corrected chi connectivity index (χ0v) is 7.22. The molecule has 4 N–H and O–H groups in total. The predicted molar refractivity (Wildman–Crippen MR) is 44.0 cm³/mol. The molecule has 0 bridgehead atoms. The average Bonchev–Trinajstić information content (AvgIpc) is 2.04. The minimum absolute atomic E-state index is 0.891. The van der Waals surface area contributed by atoms with E-state index in [4.69, 9.17) is 5.21 Å². The summed E-state index contributed by atoms with van der Waals surface area (Å²) in [7, 11) is 2.00. The summed E-state index contributed by atoms with van der Waals surface area (Å²) in [5, 5.41) is 9.63. The van der Waals surface area contributed by atoms with Crippen molar-refractivity contribution in [3.63, 3.8) is 0 Å². The highest BCUT2D eigenvalue weighted by atomic mass is 16.4. The van der Waals surface area contributed by atoms with Gasteiger partial charge in [0, 0.05) is 0 Å². The molecule has 0 aromatic rings. The van der Waals surface area contributed by atoms with Gasteiger partial charge in [0.25, 0.3) is 0 Å². The van der Waals surface area contributed by atoms with Crippen LogP contribution in [0.1, 0.15) is 26.7 Å². The number of nitrogens with two attached hydrogens (primary N) is 1. The lowest BCUT2D eigenvalue weighted by Crippen LogP contribution is -2.10. The Morgan fingerprint density at radius 3 is 2.30 bits per heavy atom. The first-order valence-corrected chi connectivity index (χ1v) is 3.71. The van der Waals surface area contributed by atoms with Gasteiger partial charge in [-0.05, 0) is 25.9 Å². The lowest BCUT2D eigenvalue weighted by atomic mass is 10.1. The van der Waals surface area contributed by atoms with Crippen molar-refractivity contribution in [2.75, 3.05) is 13.6 Å². The third kappa shape index (κ3) is 10.8. The molecule has 0 aliphatic heterocycles. The molecule has 3 nitrogen and oxygen atoms in total. The quantitative estimate of drug-likeness (QED) is 0.521. The Bertz CT molecular complexity index is 50.9. The van der Waals surface area contributed by atoms with Crippen LogP contribution in [0, 0.1) is 5.92 Å². The van der Waals surface area contributed by atoms with Crippen molar-refractivity contribution < 1.29 is 5.21 Å². The van der Waals surface area contributed by atoms with Crippen LogP contribution in [0.4, 0.5) is 0 Å². The van der Waals surface area contributed by atoms with Crippen LogP contribution in [-0.2, 0) is 0 Å². The third-order valence-corrected chi connectivity index (χ3v) is 1.58. The van der Waals surface area contributed by atoms with E-state index in [-0.39, 0.29) is 0 Å². The van der Waals surface area contributed by atoms with Crippen LogP contribution < -0.4 is 11.2 Å². The second-order valence-electron chi connectivity index (χ2n) is 2.41. The van der Waals surface area contributed by atoms with E-state index in [2.05, 4.69) is 25.1 Å². The second-order valence-corrected chi connectivity index (χ2v) is 2.41. The maximum atomic E-state index is 6.50. The van der Waals surface area contributed by atoms with Crippen LogP contribution in [0.5, 0.6) is 0 Å². The van der Waals surface area contributed by atoms with Crippen molar-refractivity contribution in [3.05, 3.63) is 0 Å². The molecule has 0 aliphatic rings. The maximum Gasteiger partial charge on any atom is -0.00494 e. The first-order valence-electron chi connectivity index (χ1n) is 3.71. The van der Waals surface area contributed by atoms with Gasteiger partial charge in [-0.25, -0.2) is 5.90 Å². The lowest BCUT2D eigenvalue weighted by molar-refractivity contribution is 0.311. The molecule has 64 valence electrons. The van der Waals surface area contributed by atoms with Gasteiger partial charge in [-0.15, -0.1) is 0 Å². The van der Waals surface area contributed by atoms with Crippen molar-refractivity contribution >= 4 is 0 Å². The Morgan fingerprint density at radius 1 is 1.50 bits per heavy atom. The molecular formula is C7H20N2O. The highest BCUT2D eigenvalue weighted by Crippen LogP contribution is 2.03. The van der Waals surface area contributed by atoms with E-state index in [1.165, 1.54) is 12.8 Å². The molecule has 0 amide bonds. The van der Waals surface area contributed by atoms with E-state index >= 15 is 0 Å². The molecule has 1 atom stereocenters. The highest BCUT2D eigenvalue weighted by Gasteiger charge is 1.94. The summed E-state index contributed by atoms with van der Waals surface area (Å²) in [6.07, 6.45) is 2.62. The summed E-state index contributed by atoms with van der Waals surface area (Å²) < 4.78 is 0. The molecule has 3 heteroatoms. The van der Waals surface area contributed by atoms with E-state index in [1.807, 2.05) is 7.05 Å². The number of hydrogen-bond acceptors (Lipinski definition) is 3. The Morgan fingerprint density at radius 2 is 2.00 bits per heavy atom. The molecule has 1 unspecified atom stereocenters. The van der Waals surface area contributed by atoms with Gasteiger partial charge in [-0.2, -0.15) is 0 Å². The van der Waals surface area contributed by atoms with Crippen molar-refractivity contribution in [1.29, 1.82) is 0 Å². The van der Waals surface area contributed by atoms with Gasteiger partial charge >= 0.3 is 0 Å². The predicted octanol–water partition coefficient (Wildman–Crippen LogP) is 0.976. The molecule has 0 rings (SSSR count). The lowest BCUT2D eigenvalue weighted by Gasteiger charge is -2.05. The zero-order valence-electron chi connectivity index (χ0n) is 7.22. The summed E-state index contributed by atoms with van der Waals surface area (Å²) in [6.45, 7) is 5.69. The summed E-state index contributed by atoms with van der Waals surface area (Å²) in [4.78, 5) is 0. The SMILES string of the molecule is CCC(C)CCNC.NO. The molecule has 0 saturated heterocycles. The molecular weight excluding hydrogens is 128 g/mol. The number of hydrogen-bond donors (Lipinski definition) is 3. The standard InChI is InChI=1S/C7H17N.H3NO/c1-4-7(2)5-6-8-3;1-2/h7-8H,4-6H2,1-3H3;2H,1H2. The Kier molecular flexibility index (Phi) is 14.6. The Balaban J connectivity index is 0. The molecule has 0 heterocycles. The van der Waals surface area contributed by atoms with Crippen LogP contribution in [0.25, 0.3) is 0 Å². The fraction of sp³-hybridized carbons (Fsp3) is 1.00. The molecule has 0 aliphatic carbocycles. The molecule has 0 fully saturated rings. The van der Waals surface area contributed by atoms with Crippen LogP contribution in [0.15, 0.2) is 0 Å². The smallest absolute Gasteiger partial charge is 0.00494 e. The van der Waals surface area contributed by atoms with Crippen LogP contribution in [0.3, 0.4) is 0 Å². The van der Waals surface area contributed by atoms with Crippen molar-refractivity contribution in [1.82, 2.24) is 5.32 Å². The van der Waals surface area contributed by atoms with Crippen molar-refractivity contribution in [3.8, 4) is 0 Å². The van der Waals surface area contributed by atoms with Crippen LogP contribution >= 0.6 is 0 Å². The monoisotopic (exact) mass is 148 g/mol. The summed E-state index contributed by atoms with van der Waals surface area (Å²) in [5.41, 5.74) is 0. The highest BCUT2D eigenvalue weighted by molar-refractivity contribution is 4.50. The normalized spacial score (nSPS) is 11.7. The van der Waals surface area contributed by atoms with E-state index in [9.17, 15) is 0 Å². The van der Waals surface area contributed by atoms with E-state index < -0.39 is 0 Å². The summed E-state index contributed by atoms with van der Waals surface area (Å²) in [5.74, 6) is 4.39. The Labute approximate surface area is 63.6 Å². The van der Waals surface area contributed by atoms with Gasteiger partial charge in [-0.1, -0.05) is 20.3 Å². The Hall–Kier alpha value is -0.120. The summed E-state index contributed by atoms with van der Waals surface area (Å²) >= 11 is 0. The molecule has 0 radical (unpaired) electrons. The average molecular weight is 148 g/mol. The molecule has 0 saturated carbocycles. The van der Waals surface area contributed by atoms with Gasteiger partial charge in [-0.3, -0.25) is 0 Å². The van der Waals surface area contributed by atoms with Gasteiger partial charge < -0.3 is 10.5 Å². The maximum absolute atomic E-state index is 6.50. The first kappa shape index (κ1) is 12.5. The molecule has 0 spiro atoms. The molecule has 0 aromatic carbocycles. The summed E-state index contributed by atoms with van der Waals surface area (Å²) in [6, 6.07) is 0. The van der Waals surface area contributed by atoms with E-state index in [0.29, 0.717) is 0 Å². The molecule has 0 aromatic heterocycles. The minimum Gasteiger partial charge on any atom is -0.320 e. The first-order chi connectivity index (χ1) is 4.81. The molecule has 10 heavy (non-hydrogen) atoms. The third-order valence-electron chi connectivity index (χ3n) is 1.58. The van der Waals surface area contributed by atoms with E-state index in [1.54, 1.807) is 0 Å². The largest absolute Gasteiger partial charge is 0.320 e. The van der Waals surface area contributed by atoms with Crippen molar-refractivity contribution in [2.45, 2.75) is 26.7 Å². The fourth-order valence-electron chi connectivity index (χ4n) is 0.595. The van der Waals surface area contributed by atoms with Crippen LogP contribution in [-0.4, -0.2) is 18.8 Å². The zero-order chi connectivity index (χ0) is 8.41.